The van der Waals surface area contributed by atoms with Gasteiger partial charge < -0.3 is 5.32 Å². The Hall–Kier alpha value is -3.30. The summed E-state index contributed by atoms with van der Waals surface area (Å²) >= 11 is 0. The van der Waals surface area contributed by atoms with Crippen molar-refractivity contribution in [3.63, 3.8) is 0 Å². The second kappa shape index (κ2) is 9.46. The van der Waals surface area contributed by atoms with Gasteiger partial charge >= 0.3 is 0 Å². The first-order valence-corrected chi connectivity index (χ1v) is 11.1. The number of benzene rings is 1. The second-order valence-corrected chi connectivity index (χ2v) is 8.37. The molecule has 166 valence electrons. The molecule has 2 aromatic heterocycles. The van der Waals surface area contributed by atoms with E-state index in [1.807, 2.05) is 18.3 Å². The number of nitrogens with one attached hydrogen (secondary N) is 2. The van der Waals surface area contributed by atoms with Crippen LogP contribution in [0.5, 0.6) is 0 Å². The molecule has 32 heavy (non-hydrogen) atoms. The number of carbonyl (C=O) groups is 1. The van der Waals surface area contributed by atoms with Crippen molar-refractivity contribution in [3.05, 3.63) is 66.4 Å². The van der Waals surface area contributed by atoms with Crippen molar-refractivity contribution in [1.82, 2.24) is 35.1 Å². The molecule has 0 spiro atoms. The standard InChI is InChI=1S/C23H28N8O/c32-23(28-30-10-8-29(9-11-30)15-18-4-2-1-3-5-18)7-6-19-13-25-21-14-26-22(12-20(19)21)31-17-24-16-27-31/h1-5,12,14,16-17,19,25H,6-11,13,15H2,(H,28,32). The van der Waals surface area contributed by atoms with E-state index in [1.54, 1.807) is 11.0 Å². The van der Waals surface area contributed by atoms with Crippen molar-refractivity contribution in [2.75, 3.05) is 38.0 Å². The van der Waals surface area contributed by atoms with Gasteiger partial charge in [-0.3, -0.25) is 15.1 Å². The third kappa shape index (κ3) is 4.79. The Morgan fingerprint density at radius 3 is 2.78 bits per heavy atom. The topological polar surface area (TPSA) is 91.2 Å². The van der Waals surface area contributed by atoms with Crippen molar-refractivity contribution >= 4 is 11.6 Å². The lowest BCUT2D eigenvalue weighted by molar-refractivity contribution is -0.127. The number of aromatic nitrogens is 4. The summed E-state index contributed by atoms with van der Waals surface area (Å²) < 4.78 is 1.65. The van der Waals surface area contributed by atoms with Gasteiger partial charge in [-0.15, -0.1) is 0 Å². The number of nitrogens with zero attached hydrogens (tertiary/aromatic N) is 6. The molecule has 1 unspecified atom stereocenters. The highest BCUT2D eigenvalue weighted by Crippen LogP contribution is 2.34. The molecule has 4 heterocycles. The summed E-state index contributed by atoms with van der Waals surface area (Å²) in [4.78, 5) is 23.4. The van der Waals surface area contributed by atoms with E-state index in [4.69, 9.17) is 0 Å². The molecule has 9 nitrogen and oxygen atoms in total. The Morgan fingerprint density at radius 2 is 2.00 bits per heavy atom. The van der Waals surface area contributed by atoms with Crippen LogP contribution in [-0.4, -0.2) is 68.3 Å². The number of fused-ring (bicyclic) bond motifs is 1. The Labute approximate surface area is 187 Å². The van der Waals surface area contributed by atoms with Gasteiger partial charge in [-0.25, -0.2) is 19.7 Å². The monoisotopic (exact) mass is 432 g/mol. The Kier molecular flexibility index (Phi) is 6.09. The molecule has 1 amide bonds. The van der Waals surface area contributed by atoms with E-state index in [0.29, 0.717) is 6.42 Å². The maximum atomic E-state index is 12.6. The quantitative estimate of drug-likeness (QED) is 0.588. The van der Waals surface area contributed by atoms with Gasteiger partial charge in [0.15, 0.2) is 5.82 Å². The van der Waals surface area contributed by atoms with Crippen LogP contribution in [0, 0.1) is 0 Å². The highest BCUT2D eigenvalue weighted by Gasteiger charge is 2.25. The maximum Gasteiger partial charge on any atom is 0.234 e. The van der Waals surface area contributed by atoms with Crippen LogP contribution in [-0.2, 0) is 11.3 Å². The number of hydrazine groups is 1. The van der Waals surface area contributed by atoms with Gasteiger partial charge in [-0.05, 0) is 23.6 Å². The molecule has 2 N–H and O–H groups in total. The van der Waals surface area contributed by atoms with Gasteiger partial charge in [0.2, 0.25) is 5.91 Å². The number of pyridine rings is 1. The molecule has 0 radical (unpaired) electrons. The molecule has 0 saturated carbocycles. The van der Waals surface area contributed by atoms with Gasteiger partial charge in [0, 0.05) is 51.6 Å². The fourth-order valence-corrected chi connectivity index (χ4v) is 4.39. The minimum absolute atomic E-state index is 0.0838. The first-order chi connectivity index (χ1) is 15.7. The summed E-state index contributed by atoms with van der Waals surface area (Å²) in [7, 11) is 0. The van der Waals surface area contributed by atoms with E-state index in [-0.39, 0.29) is 11.8 Å². The summed E-state index contributed by atoms with van der Waals surface area (Å²) in [5.41, 5.74) is 6.65. The molecule has 2 aliphatic rings. The Bertz CT molecular complexity index is 1030. The predicted molar refractivity (Wildman–Crippen MR) is 121 cm³/mol. The zero-order valence-corrected chi connectivity index (χ0v) is 18.0. The fraction of sp³-hybridized carbons (Fsp3) is 0.391. The lowest BCUT2D eigenvalue weighted by atomic mass is 9.97. The summed E-state index contributed by atoms with van der Waals surface area (Å²) in [5, 5.41) is 9.60. The molecule has 0 aliphatic carbocycles. The summed E-state index contributed by atoms with van der Waals surface area (Å²) in [6, 6.07) is 12.6. The third-order valence-electron chi connectivity index (χ3n) is 6.18. The van der Waals surface area contributed by atoms with Gasteiger partial charge in [0.25, 0.3) is 0 Å². The molecule has 1 atom stereocenters. The maximum absolute atomic E-state index is 12.6. The zero-order chi connectivity index (χ0) is 21.8. The number of rotatable bonds is 7. The molecule has 1 saturated heterocycles. The van der Waals surface area contributed by atoms with Crippen LogP contribution in [0.2, 0.25) is 0 Å². The van der Waals surface area contributed by atoms with E-state index in [9.17, 15) is 4.79 Å². The smallest absolute Gasteiger partial charge is 0.234 e. The predicted octanol–water partition coefficient (Wildman–Crippen LogP) is 1.80. The van der Waals surface area contributed by atoms with Gasteiger partial charge in [0.1, 0.15) is 12.7 Å². The van der Waals surface area contributed by atoms with Crippen LogP contribution >= 0.6 is 0 Å². The first kappa shape index (κ1) is 20.6. The van der Waals surface area contributed by atoms with Crippen molar-refractivity contribution < 1.29 is 4.79 Å². The van der Waals surface area contributed by atoms with E-state index in [1.165, 1.54) is 17.5 Å². The number of anilines is 1. The number of hydrogen-bond donors (Lipinski definition) is 2. The molecular formula is C23H28N8O. The van der Waals surface area contributed by atoms with Crippen LogP contribution in [0.3, 0.4) is 0 Å². The van der Waals surface area contributed by atoms with E-state index < -0.39 is 0 Å². The van der Waals surface area contributed by atoms with Crippen molar-refractivity contribution in [1.29, 1.82) is 0 Å². The molecule has 1 aromatic carbocycles. The average Bonchev–Trinajstić information content (AvgIpc) is 3.50. The summed E-state index contributed by atoms with van der Waals surface area (Å²) in [5.74, 6) is 1.11. The van der Waals surface area contributed by atoms with E-state index in [0.717, 1.165) is 57.2 Å². The minimum atomic E-state index is 0.0838. The van der Waals surface area contributed by atoms with Gasteiger partial charge in [-0.1, -0.05) is 30.3 Å². The molecule has 1 fully saturated rings. The molecule has 2 aliphatic heterocycles. The minimum Gasteiger partial charge on any atom is -0.383 e. The van der Waals surface area contributed by atoms with Crippen LogP contribution in [0.15, 0.2) is 55.2 Å². The molecule has 9 heteroatoms. The largest absolute Gasteiger partial charge is 0.383 e. The average molecular weight is 433 g/mol. The summed E-state index contributed by atoms with van der Waals surface area (Å²) in [6.45, 7) is 5.38. The van der Waals surface area contributed by atoms with Crippen LogP contribution in [0.4, 0.5) is 5.69 Å². The Balaban J connectivity index is 1.09. The highest BCUT2D eigenvalue weighted by atomic mass is 16.2. The molecule has 3 aromatic rings. The SMILES string of the molecule is O=C(CCC1CNc2cnc(-n3cncn3)cc21)NN1CCN(Cc2ccccc2)CC1. The van der Waals surface area contributed by atoms with Gasteiger partial charge in [-0.2, -0.15) is 5.10 Å². The lowest BCUT2D eigenvalue weighted by Gasteiger charge is -2.34. The molecule has 0 bridgehead atoms. The first-order valence-electron chi connectivity index (χ1n) is 11.1. The van der Waals surface area contributed by atoms with Crippen LogP contribution in [0.25, 0.3) is 5.82 Å². The highest BCUT2D eigenvalue weighted by molar-refractivity contribution is 5.75. The van der Waals surface area contributed by atoms with E-state index in [2.05, 4.69) is 60.0 Å². The van der Waals surface area contributed by atoms with Crippen molar-refractivity contribution in [3.8, 4) is 5.82 Å². The number of piperazine rings is 1. The van der Waals surface area contributed by atoms with Crippen LogP contribution in [0.1, 0.15) is 29.9 Å². The van der Waals surface area contributed by atoms with Gasteiger partial charge in [0.05, 0.1) is 11.9 Å². The number of amides is 1. The fourth-order valence-electron chi connectivity index (χ4n) is 4.39. The normalized spacial score (nSPS) is 18.8. The molecular weight excluding hydrogens is 404 g/mol. The number of hydrogen-bond acceptors (Lipinski definition) is 7. The third-order valence-corrected chi connectivity index (χ3v) is 6.18. The van der Waals surface area contributed by atoms with Crippen molar-refractivity contribution in [2.24, 2.45) is 0 Å². The number of carbonyl (C=O) groups excluding carboxylic acids is 1. The molecule has 5 rings (SSSR count). The van der Waals surface area contributed by atoms with E-state index >= 15 is 0 Å². The zero-order valence-electron chi connectivity index (χ0n) is 18.0. The van der Waals surface area contributed by atoms with Crippen LogP contribution < -0.4 is 10.7 Å². The second-order valence-electron chi connectivity index (χ2n) is 8.37. The van der Waals surface area contributed by atoms with Crippen molar-refractivity contribution in [2.45, 2.75) is 25.3 Å². The lowest BCUT2D eigenvalue weighted by Crippen LogP contribution is -2.53. The summed E-state index contributed by atoms with van der Waals surface area (Å²) in [6.07, 6.45) is 6.26. The Morgan fingerprint density at radius 1 is 1.16 bits per heavy atom.